The largest absolute Gasteiger partial charge is 0.457 e. The Morgan fingerprint density at radius 2 is 1.52 bits per heavy atom. The molecule has 0 radical (unpaired) electrons. The Morgan fingerprint density at radius 3 is 2.03 bits per heavy atom. The predicted molar refractivity (Wildman–Crippen MR) is 114 cm³/mol. The van der Waals surface area contributed by atoms with Gasteiger partial charge in [0.2, 0.25) is 0 Å². The van der Waals surface area contributed by atoms with Gasteiger partial charge in [0.05, 0.1) is 12.2 Å². The van der Waals surface area contributed by atoms with Crippen LogP contribution in [-0.2, 0) is 25.4 Å². The summed E-state index contributed by atoms with van der Waals surface area (Å²) in [5, 5.41) is 1.73. The van der Waals surface area contributed by atoms with E-state index in [9.17, 15) is 14.4 Å². The molecule has 170 valence electrons. The number of hydrazine groups is 1. The minimum atomic E-state index is -1.88. The van der Waals surface area contributed by atoms with Crippen LogP contribution in [0.2, 0.25) is 0 Å². The number of hydrogen-bond donors (Lipinski definition) is 0. The van der Waals surface area contributed by atoms with Crippen LogP contribution < -0.4 is 0 Å². The second-order valence-corrected chi connectivity index (χ2v) is 8.75. The van der Waals surface area contributed by atoms with Crippen LogP contribution in [0.3, 0.4) is 0 Å². The van der Waals surface area contributed by atoms with Crippen molar-refractivity contribution in [3.63, 3.8) is 0 Å². The zero-order valence-corrected chi connectivity index (χ0v) is 19.1. The van der Waals surface area contributed by atoms with Crippen molar-refractivity contribution in [2.75, 3.05) is 0 Å². The molecule has 0 spiro atoms. The van der Waals surface area contributed by atoms with E-state index in [1.807, 2.05) is 6.07 Å². The Hall–Kier alpha value is -3.10. The maximum Gasteiger partial charge on any atom is 0.435 e. The van der Waals surface area contributed by atoms with Crippen molar-refractivity contribution in [3.05, 3.63) is 35.9 Å². The highest BCUT2D eigenvalue weighted by Crippen LogP contribution is 2.33. The lowest BCUT2D eigenvalue weighted by Crippen LogP contribution is -2.62. The summed E-state index contributed by atoms with van der Waals surface area (Å²) in [6, 6.07) is 9.03. The van der Waals surface area contributed by atoms with Gasteiger partial charge in [0.25, 0.3) is 5.66 Å². The van der Waals surface area contributed by atoms with E-state index in [2.05, 4.69) is 4.99 Å². The Labute approximate surface area is 182 Å². The molecule has 0 bridgehead atoms. The molecule has 0 aromatic heterocycles. The summed E-state index contributed by atoms with van der Waals surface area (Å²) in [5.74, 6) is -0.791. The summed E-state index contributed by atoms with van der Waals surface area (Å²) in [6.45, 7) is 11.8. The van der Waals surface area contributed by atoms with Gasteiger partial charge >= 0.3 is 18.2 Å². The molecule has 0 aliphatic carbocycles. The zero-order valence-electron chi connectivity index (χ0n) is 19.1. The molecule has 0 saturated carbocycles. The van der Waals surface area contributed by atoms with Crippen LogP contribution >= 0.6 is 0 Å². The van der Waals surface area contributed by atoms with Crippen molar-refractivity contribution < 1.29 is 28.6 Å². The number of nitrogens with zero attached hydrogens (tertiary/aromatic N) is 3. The third-order valence-electron chi connectivity index (χ3n) is 4.00. The molecular weight excluding hydrogens is 402 g/mol. The summed E-state index contributed by atoms with van der Waals surface area (Å²) in [6.07, 6.45) is -1.66. The lowest BCUT2D eigenvalue weighted by molar-refractivity contribution is -0.173. The SMILES string of the molecule is CC(C)OC(=O)N1C=NC(Cc2ccccc2)(C(=O)OC(C)(C)C)N1C(=O)OC(C)C. The number of aliphatic imine (C=N–C) groups is 1. The molecule has 1 heterocycles. The van der Waals surface area contributed by atoms with Crippen molar-refractivity contribution in [1.82, 2.24) is 10.0 Å². The molecule has 0 saturated heterocycles. The molecule has 2 amide bonds. The molecular formula is C22H31N3O6. The molecule has 31 heavy (non-hydrogen) atoms. The monoisotopic (exact) mass is 433 g/mol. The van der Waals surface area contributed by atoms with Crippen molar-refractivity contribution in [3.8, 4) is 0 Å². The molecule has 0 N–H and O–H groups in total. The summed E-state index contributed by atoms with van der Waals surface area (Å²) in [7, 11) is 0. The minimum absolute atomic E-state index is 0.0299. The fraction of sp³-hybridized carbons (Fsp3) is 0.545. The van der Waals surface area contributed by atoms with Crippen LogP contribution in [0.4, 0.5) is 9.59 Å². The van der Waals surface area contributed by atoms with Gasteiger partial charge in [-0.05, 0) is 54.0 Å². The number of amides is 2. The van der Waals surface area contributed by atoms with Gasteiger partial charge in [-0.2, -0.15) is 10.0 Å². The second-order valence-electron chi connectivity index (χ2n) is 8.75. The van der Waals surface area contributed by atoms with E-state index in [0.717, 1.165) is 16.4 Å². The van der Waals surface area contributed by atoms with E-state index in [-0.39, 0.29) is 6.42 Å². The van der Waals surface area contributed by atoms with Crippen molar-refractivity contribution in [2.45, 2.75) is 78.4 Å². The minimum Gasteiger partial charge on any atom is -0.457 e. The highest BCUT2D eigenvalue weighted by Gasteiger charge is 2.57. The van der Waals surface area contributed by atoms with Crippen LogP contribution in [0.15, 0.2) is 35.3 Å². The molecule has 9 heteroatoms. The van der Waals surface area contributed by atoms with Gasteiger partial charge in [-0.15, -0.1) is 0 Å². The van der Waals surface area contributed by atoms with Gasteiger partial charge in [0.1, 0.15) is 11.9 Å². The number of ether oxygens (including phenoxy) is 3. The standard InChI is InChI=1S/C22H31N3O6/c1-15(2)29-19(27)24-14-23-22(18(26)31-21(5,6)7,13-17-11-9-8-10-12-17)25(24)20(28)30-16(3)4/h8-12,14-16H,13H2,1-7H3. The molecule has 1 unspecified atom stereocenters. The molecule has 0 fully saturated rings. The highest BCUT2D eigenvalue weighted by molar-refractivity contribution is 5.95. The smallest absolute Gasteiger partial charge is 0.435 e. The Bertz CT molecular complexity index is 831. The van der Waals surface area contributed by atoms with Crippen molar-refractivity contribution in [1.29, 1.82) is 0 Å². The van der Waals surface area contributed by atoms with E-state index in [1.165, 1.54) is 0 Å². The first kappa shape index (κ1) is 24.2. The number of hydrogen-bond acceptors (Lipinski definition) is 7. The number of esters is 1. The Morgan fingerprint density at radius 1 is 0.968 bits per heavy atom. The van der Waals surface area contributed by atoms with E-state index < -0.39 is 41.6 Å². The van der Waals surface area contributed by atoms with Crippen LogP contribution in [0, 0.1) is 0 Å². The number of benzene rings is 1. The number of carbonyl (C=O) groups is 3. The lowest BCUT2D eigenvalue weighted by Gasteiger charge is -2.38. The fourth-order valence-electron chi connectivity index (χ4n) is 2.88. The summed E-state index contributed by atoms with van der Waals surface area (Å²) in [4.78, 5) is 43.5. The van der Waals surface area contributed by atoms with Crippen LogP contribution in [-0.4, -0.2) is 58.0 Å². The van der Waals surface area contributed by atoms with E-state index in [4.69, 9.17) is 14.2 Å². The van der Waals surface area contributed by atoms with Crippen LogP contribution in [0.5, 0.6) is 0 Å². The third kappa shape index (κ3) is 5.96. The Kier molecular flexibility index (Phi) is 7.30. The molecule has 1 aliphatic rings. The molecule has 9 nitrogen and oxygen atoms in total. The summed E-state index contributed by atoms with van der Waals surface area (Å²) >= 11 is 0. The van der Waals surface area contributed by atoms with Gasteiger partial charge in [-0.3, -0.25) is 0 Å². The average molecular weight is 434 g/mol. The van der Waals surface area contributed by atoms with Gasteiger partial charge < -0.3 is 14.2 Å². The number of carbonyl (C=O) groups excluding carboxylic acids is 3. The first-order valence-electron chi connectivity index (χ1n) is 10.2. The molecule has 1 atom stereocenters. The maximum absolute atomic E-state index is 13.4. The average Bonchev–Trinajstić information content (AvgIpc) is 3.00. The van der Waals surface area contributed by atoms with Gasteiger partial charge in [-0.25, -0.2) is 19.4 Å². The van der Waals surface area contributed by atoms with Gasteiger partial charge in [0, 0.05) is 6.42 Å². The normalized spacial score (nSPS) is 18.5. The summed E-state index contributed by atoms with van der Waals surface area (Å²) in [5.41, 5.74) is -2.02. The first-order valence-corrected chi connectivity index (χ1v) is 10.2. The van der Waals surface area contributed by atoms with Gasteiger partial charge in [-0.1, -0.05) is 30.3 Å². The van der Waals surface area contributed by atoms with Crippen LogP contribution in [0.25, 0.3) is 0 Å². The third-order valence-corrected chi connectivity index (χ3v) is 4.00. The first-order chi connectivity index (χ1) is 14.4. The molecule has 1 aliphatic heterocycles. The van der Waals surface area contributed by atoms with Crippen molar-refractivity contribution in [2.24, 2.45) is 4.99 Å². The fourth-order valence-corrected chi connectivity index (χ4v) is 2.88. The van der Waals surface area contributed by atoms with Gasteiger partial charge in [0.15, 0.2) is 0 Å². The van der Waals surface area contributed by atoms with Crippen molar-refractivity contribution >= 4 is 24.5 Å². The quantitative estimate of drug-likeness (QED) is 0.516. The van der Waals surface area contributed by atoms with Crippen LogP contribution in [0.1, 0.15) is 54.0 Å². The predicted octanol–water partition coefficient (Wildman–Crippen LogP) is 3.92. The zero-order chi connectivity index (χ0) is 23.4. The van der Waals surface area contributed by atoms with E-state index in [0.29, 0.717) is 5.56 Å². The van der Waals surface area contributed by atoms with E-state index >= 15 is 0 Å². The Balaban J connectivity index is 2.57. The maximum atomic E-state index is 13.4. The molecule has 1 aromatic rings. The summed E-state index contributed by atoms with van der Waals surface area (Å²) < 4.78 is 16.2. The highest BCUT2D eigenvalue weighted by atomic mass is 16.6. The second kappa shape index (κ2) is 9.36. The lowest BCUT2D eigenvalue weighted by atomic mass is 9.99. The molecule has 2 rings (SSSR count). The topological polar surface area (TPSA) is 97.7 Å². The number of rotatable bonds is 5. The molecule has 1 aromatic carbocycles. The van der Waals surface area contributed by atoms with E-state index in [1.54, 1.807) is 72.7 Å².